The molecule has 0 saturated carbocycles. The van der Waals surface area contributed by atoms with Gasteiger partial charge in [0.2, 0.25) is 5.75 Å². The van der Waals surface area contributed by atoms with Gasteiger partial charge in [-0.05, 0) is 65.5 Å². The Bertz CT molecular complexity index is 1070. The Kier molecular flexibility index (Phi) is 7.58. The molecule has 0 aliphatic carbocycles. The predicted octanol–water partition coefficient (Wildman–Crippen LogP) is 7.02. The minimum Gasteiger partial charge on any atom is -0.493 e. The van der Waals surface area contributed by atoms with Crippen LogP contribution in [0.5, 0.6) is 17.2 Å². The van der Waals surface area contributed by atoms with Crippen LogP contribution in [0.2, 0.25) is 0 Å². The van der Waals surface area contributed by atoms with E-state index < -0.39 is 11.7 Å². The normalized spacial score (nSPS) is 11.4. The fraction of sp³-hybridized carbons (Fsp3) is 0.167. The number of hydrogen-bond donors (Lipinski definition) is 1. The van der Waals surface area contributed by atoms with Gasteiger partial charge in [0.25, 0.3) is 0 Å². The second kappa shape index (κ2) is 10.4. The summed E-state index contributed by atoms with van der Waals surface area (Å²) in [6.45, 7) is 0. The lowest BCUT2D eigenvalue weighted by Crippen LogP contribution is -2.04. The molecule has 8 heteroatoms. The molecule has 0 amide bonds. The summed E-state index contributed by atoms with van der Waals surface area (Å²) in [5, 5.41) is 0. The maximum absolute atomic E-state index is 12.9. The van der Waals surface area contributed by atoms with Crippen LogP contribution in [-0.4, -0.2) is 21.3 Å². The largest absolute Gasteiger partial charge is 0.493 e. The van der Waals surface area contributed by atoms with Gasteiger partial charge in [-0.3, -0.25) is 0 Å². The number of nitrogens with one attached hydrogen (secondary N) is 1. The van der Waals surface area contributed by atoms with Crippen molar-refractivity contribution >= 4 is 29.8 Å². The fourth-order valence-electron chi connectivity index (χ4n) is 2.95. The predicted molar refractivity (Wildman–Crippen MR) is 122 cm³/mol. The molecule has 1 N–H and O–H groups in total. The lowest BCUT2D eigenvalue weighted by molar-refractivity contribution is -0.137. The van der Waals surface area contributed by atoms with E-state index in [1.807, 2.05) is 48.6 Å². The minimum atomic E-state index is -4.37. The Morgan fingerprint density at radius 2 is 1.44 bits per heavy atom. The second-order valence-corrected chi connectivity index (χ2v) is 7.53. The molecule has 0 heterocycles. The van der Waals surface area contributed by atoms with Crippen molar-refractivity contribution in [2.24, 2.45) is 0 Å². The highest BCUT2D eigenvalue weighted by molar-refractivity contribution is 8.00. The van der Waals surface area contributed by atoms with E-state index in [-0.39, 0.29) is 0 Å². The van der Waals surface area contributed by atoms with Crippen molar-refractivity contribution in [3.05, 3.63) is 77.4 Å². The molecule has 0 radical (unpaired) electrons. The number of hydrogen-bond acceptors (Lipinski definition) is 5. The lowest BCUT2D eigenvalue weighted by atomic mass is 10.1. The summed E-state index contributed by atoms with van der Waals surface area (Å²) < 4.78 is 57.8. The zero-order chi connectivity index (χ0) is 23.1. The molecule has 0 aromatic heterocycles. The van der Waals surface area contributed by atoms with Crippen molar-refractivity contribution in [2.45, 2.75) is 11.1 Å². The van der Waals surface area contributed by atoms with Crippen molar-refractivity contribution in [1.29, 1.82) is 0 Å². The van der Waals surface area contributed by atoms with Gasteiger partial charge in [-0.2, -0.15) is 13.2 Å². The van der Waals surface area contributed by atoms with E-state index in [0.29, 0.717) is 22.1 Å². The summed E-state index contributed by atoms with van der Waals surface area (Å²) >= 11 is 1.12. The first kappa shape index (κ1) is 23.4. The molecular weight excluding hydrogens is 439 g/mol. The molecule has 168 valence electrons. The molecule has 0 aliphatic rings. The quantitative estimate of drug-likeness (QED) is 0.288. The lowest BCUT2D eigenvalue weighted by Gasteiger charge is -2.12. The van der Waals surface area contributed by atoms with Crippen molar-refractivity contribution in [3.8, 4) is 17.2 Å². The number of benzene rings is 3. The summed E-state index contributed by atoms with van der Waals surface area (Å²) in [6, 6.07) is 16.4. The number of anilines is 1. The average Bonchev–Trinajstić information content (AvgIpc) is 2.80. The van der Waals surface area contributed by atoms with Gasteiger partial charge in [0.1, 0.15) is 0 Å². The Balaban J connectivity index is 1.74. The van der Waals surface area contributed by atoms with Gasteiger partial charge in [-0.25, -0.2) is 0 Å². The number of ether oxygens (including phenoxy) is 3. The van der Waals surface area contributed by atoms with Gasteiger partial charge in [-0.15, -0.1) is 0 Å². The van der Waals surface area contributed by atoms with Crippen molar-refractivity contribution in [3.63, 3.8) is 0 Å². The summed E-state index contributed by atoms with van der Waals surface area (Å²) in [4.78, 5) is 0.471. The molecule has 3 aromatic rings. The molecule has 0 saturated heterocycles. The Morgan fingerprint density at radius 1 is 0.781 bits per heavy atom. The van der Waals surface area contributed by atoms with Crippen LogP contribution in [0.25, 0.3) is 12.2 Å². The molecule has 0 aliphatic heterocycles. The highest BCUT2D eigenvalue weighted by Crippen LogP contribution is 2.38. The molecule has 0 fully saturated rings. The Hall–Kier alpha value is -3.26. The smallest absolute Gasteiger partial charge is 0.416 e. The minimum absolute atomic E-state index is 0.471. The van der Waals surface area contributed by atoms with E-state index in [4.69, 9.17) is 14.2 Å². The monoisotopic (exact) mass is 461 g/mol. The second-order valence-electron chi connectivity index (χ2n) is 6.65. The van der Waals surface area contributed by atoms with E-state index in [1.54, 1.807) is 27.4 Å². The first-order chi connectivity index (χ1) is 15.3. The maximum atomic E-state index is 12.9. The molecule has 32 heavy (non-hydrogen) atoms. The van der Waals surface area contributed by atoms with Gasteiger partial charge in [0.15, 0.2) is 11.5 Å². The molecule has 0 spiro atoms. The first-order valence-corrected chi connectivity index (χ1v) is 10.3. The number of alkyl halides is 3. The van der Waals surface area contributed by atoms with E-state index in [0.717, 1.165) is 40.9 Å². The van der Waals surface area contributed by atoms with Crippen molar-refractivity contribution in [2.75, 3.05) is 26.1 Å². The van der Waals surface area contributed by atoms with Crippen LogP contribution < -0.4 is 18.9 Å². The van der Waals surface area contributed by atoms with Crippen LogP contribution in [0, 0.1) is 0 Å². The fourth-order valence-corrected chi connectivity index (χ4v) is 3.64. The summed E-state index contributed by atoms with van der Waals surface area (Å²) in [5.41, 5.74) is 1.86. The van der Waals surface area contributed by atoms with Gasteiger partial charge >= 0.3 is 6.18 Å². The van der Waals surface area contributed by atoms with Crippen LogP contribution in [0.3, 0.4) is 0 Å². The highest BCUT2D eigenvalue weighted by Gasteiger charge is 2.30. The molecule has 0 atom stereocenters. The van der Waals surface area contributed by atoms with Crippen LogP contribution in [0.1, 0.15) is 16.7 Å². The molecular formula is C24H22F3NO3S. The summed E-state index contributed by atoms with van der Waals surface area (Å²) in [7, 11) is 4.66. The summed E-state index contributed by atoms with van der Waals surface area (Å²) in [6.07, 6.45) is -0.543. The molecule has 4 nitrogen and oxygen atoms in total. The third kappa shape index (κ3) is 5.91. The van der Waals surface area contributed by atoms with Crippen molar-refractivity contribution < 1.29 is 27.4 Å². The average molecular weight is 462 g/mol. The van der Waals surface area contributed by atoms with Crippen LogP contribution in [0.15, 0.2) is 65.6 Å². The zero-order valence-electron chi connectivity index (χ0n) is 17.7. The number of halogens is 3. The summed E-state index contributed by atoms with van der Waals surface area (Å²) in [5.74, 6) is 1.63. The van der Waals surface area contributed by atoms with Gasteiger partial charge < -0.3 is 18.9 Å². The highest BCUT2D eigenvalue weighted by atomic mass is 32.2. The molecule has 0 unspecified atom stereocenters. The van der Waals surface area contributed by atoms with Gasteiger partial charge in [-0.1, -0.05) is 30.4 Å². The van der Waals surface area contributed by atoms with E-state index in [2.05, 4.69) is 4.72 Å². The Morgan fingerprint density at radius 3 is 2.06 bits per heavy atom. The van der Waals surface area contributed by atoms with E-state index in [1.165, 1.54) is 6.07 Å². The first-order valence-electron chi connectivity index (χ1n) is 9.52. The van der Waals surface area contributed by atoms with Gasteiger partial charge in [0, 0.05) is 10.6 Å². The van der Waals surface area contributed by atoms with Crippen LogP contribution >= 0.6 is 11.9 Å². The zero-order valence-corrected chi connectivity index (χ0v) is 18.5. The topological polar surface area (TPSA) is 39.7 Å². The SMILES string of the molecule is COc1cc(/C=C\c2cccc(NSc3cccc(C(F)(F)F)c3)c2)cc(OC)c1OC. The van der Waals surface area contributed by atoms with Gasteiger partial charge in [0.05, 0.1) is 26.9 Å². The number of methoxy groups -OCH3 is 3. The standard InChI is InChI=1S/C24H22F3NO3S/c1-29-21-13-17(14-22(30-2)23(21)31-3)11-10-16-6-4-8-19(12-16)28-32-20-9-5-7-18(15-20)24(25,26)27/h4-15,28H,1-3H3/b11-10-. The number of rotatable bonds is 8. The molecule has 0 bridgehead atoms. The van der Waals surface area contributed by atoms with Crippen LogP contribution in [-0.2, 0) is 6.18 Å². The van der Waals surface area contributed by atoms with Crippen molar-refractivity contribution in [1.82, 2.24) is 0 Å². The van der Waals surface area contributed by atoms with E-state index >= 15 is 0 Å². The molecule has 3 aromatic carbocycles. The third-order valence-corrected chi connectivity index (χ3v) is 5.32. The maximum Gasteiger partial charge on any atom is 0.416 e. The van der Waals surface area contributed by atoms with Crippen LogP contribution in [0.4, 0.5) is 18.9 Å². The third-order valence-electron chi connectivity index (χ3n) is 4.49. The Labute approximate surface area is 189 Å². The van der Waals surface area contributed by atoms with E-state index in [9.17, 15) is 13.2 Å². The molecule has 3 rings (SSSR count).